The van der Waals surface area contributed by atoms with Gasteiger partial charge in [0.15, 0.2) is 0 Å². The fraction of sp³-hybridized carbons (Fsp3) is 0.516. The minimum atomic E-state index is -0.820. The number of hydrogen-bond acceptors (Lipinski definition) is 6. The van der Waals surface area contributed by atoms with Gasteiger partial charge in [-0.15, -0.1) is 0 Å². The highest BCUT2D eigenvalue weighted by molar-refractivity contribution is 6.62. The topological polar surface area (TPSA) is 118 Å². The monoisotopic (exact) mass is 544 g/mol. The summed E-state index contributed by atoms with van der Waals surface area (Å²) in [5.41, 5.74) is 2.51. The van der Waals surface area contributed by atoms with Gasteiger partial charge in [-0.2, -0.15) is 5.26 Å². The number of nitrogens with one attached hydrogen (secondary N) is 1. The van der Waals surface area contributed by atoms with Crippen LogP contribution in [0, 0.1) is 23.2 Å². The van der Waals surface area contributed by atoms with E-state index in [9.17, 15) is 20.0 Å². The van der Waals surface area contributed by atoms with Gasteiger partial charge >= 0.3 is 13.1 Å². The van der Waals surface area contributed by atoms with Crippen LogP contribution in [0.25, 0.3) is 0 Å². The molecule has 5 rings (SSSR count). The molecule has 1 saturated heterocycles. The molecule has 1 amide bonds. The average Bonchev–Trinajstić information content (AvgIpc) is 3.57. The van der Waals surface area contributed by atoms with Crippen LogP contribution in [0.2, 0.25) is 0 Å². The van der Waals surface area contributed by atoms with Gasteiger partial charge in [0.25, 0.3) is 0 Å². The molecule has 3 atom stereocenters. The molecular weight excluding hydrogens is 507 g/mol. The van der Waals surface area contributed by atoms with Crippen molar-refractivity contribution in [3.63, 3.8) is 0 Å². The highest BCUT2D eigenvalue weighted by Crippen LogP contribution is 2.61. The molecule has 2 N–H and O–H groups in total. The Labute approximate surface area is 236 Å². The lowest BCUT2D eigenvalue weighted by Gasteiger charge is -2.32. The summed E-state index contributed by atoms with van der Waals surface area (Å²) in [6.45, 7) is 10.5. The first-order valence-electron chi connectivity index (χ1n) is 14.1. The molecule has 1 saturated carbocycles. The predicted molar refractivity (Wildman–Crippen MR) is 152 cm³/mol. The second-order valence-corrected chi connectivity index (χ2v) is 12.3. The number of aliphatic carboxylic acids is 1. The quantitative estimate of drug-likeness (QED) is 0.467. The Morgan fingerprint density at radius 3 is 2.52 bits per heavy atom. The average molecular weight is 544 g/mol. The zero-order valence-electron chi connectivity index (χ0n) is 23.9. The van der Waals surface area contributed by atoms with Crippen LogP contribution in [-0.4, -0.2) is 41.9 Å². The highest BCUT2D eigenvalue weighted by atomic mass is 16.7. The van der Waals surface area contributed by atoms with E-state index in [1.807, 2.05) is 52.8 Å². The van der Waals surface area contributed by atoms with Crippen LogP contribution in [-0.2, 0) is 30.7 Å². The fourth-order valence-corrected chi connectivity index (χ4v) is 5.92. The Bertz CT molecular complexity index is 1370. The first-order chi connectivity index (χ1) is 18.9. The molecule has 40 heavy (non-hydrogen) atoms. The SMILES string of the molecule is CCC(CCc1ccc(C#N)cc1NC(=O)[C@@H]1C[C@]12CCOc1ccc(B3OC(C)(C)C(C)(C)O3)cc12)C(=O)O. The maximum Gasteiger partial charge on any atom is 0.494 e. The summed E-state index contributed by atoms with van der Waals surface area (Å²) in [6.07, 6.45) is 2.92. The van der Waals surface area contributed by atoms with Crippen LogP contribution < -0.4 is 15.5 Å². The number of nitriles is 1. The van der Waals surface area contributed by atoms with Crippen LogP contribution >= 0.6 is 0 Å². The maximum absolute atomic E-state index is 13.6. The first-order valence-corrected chi connectivity index (χ1v) is 14.1. The van der Waals surface area contributed by atoms with E-state index >= 15 is 0 Å². The van der Waals surface area contributed by atoms with Crippen LogP contribution in [0.5, 0.6) is 5.75 Å². The molecule has 2 aromatic carbocycles. The molecule has 1 unspecified atom stereocenters. The summed E-state index contributed by atoms with van der Waals surface area (Å²) in [5.74, 6) is -0.837. The van der Waals surface area contributed by atoms with Crippen molar-refractivity contribution in [2.45, 2.75) is 83.3 Å². The van der Waals surface area contributed by atoms with Crippen molar-refractivity contribution in [1.82, 2.24) is 0 Å². The van der Waals surface area contributed by atoms with Crippen LogP contribution in [0.1, 0.15) is 77.0 Å². The molecule has 2 aliphatic heterocycles. The van der Waals surface area contributed by atoms with Gasteiger partial charge in [0.2, 0.25) is 5.91 Å². The number of hydrogen-bond donors (Lipinski definition) is 2. The Morgan fingerprint density at radius 2 is 1.88 bits per heavy atom. The number of anilines is 1. The number of ether oxygens (including phenoxy) is 1. The minimum Gasteiger partial charge on any atom is -0.493 e. The summed E-state index contributed by atoms with van der Waals surface area (Å²) in [7, 11) is -0.505. The van der Waals surface area contributed by atoms with Crippen molar-refractivity contribution in [3.8, 4) is 11.8 Å². The molecule has 8 nitrogen and oxygen atoms in total. The normalized spacial score (nSPS) is 24.5. The molecule has 2 fully saturated rings. The molecule has 1 spiro atoms. The van der Waals surface area contributed by atoms with Crippen molar-refractivity contribution in [3.05, 3.63) is 53.1 Å². The zero-order valence-corrected chi connectivity index (χ0v) is 23.9. The summed E-state index contributed by atoms with van der Waals surface area (Å²) >= 11 is 0. The number of carbonyl (C=O) groups is 2. The summed E-state index contributed by atoms with van der Waals surface area (Å²) in [4.78, 5) is 25.2. The van der Waals surface area contributed by atoms with E-state index in [0.29, 0.717) is 43.5 Å². The van der Waals surface area contributed by atoms with Gasteiger partial charge in [-0.3, -0.25) is 9.59 Å². The van der Waals surface area contributed by atoms with E-state index in [1.165, 1.54) is 0 Å². The number of nitrogens with zero attached hydrogens (tertiary/aromatic N) is 1. The van der Waals surface area contributed by atoms with Gasteiger partial charge in [0.05, 0.1) is 35.4 Å². The predicted octanol–water partition coefficient (Wildman–Crippen LogP) is 4.58. The van der Waals surface area contributed by atoms with Crippen molar-refractivity contribution >= 4 is 30.1 Å². The molecular formula is C31H37BN2O6. The molecule has 0 radical (unpaired) electrons. The van der Waals surface area contributed by atoms with Crippen LogP contribution in [0.15, 0.2) is 36.4 Å². The zero-order chi connectivity index (χ0) is 28.9. The smallest absolute Gasteiger partial charge is 0.493 e. The van der Waals surface area contributed by atoms with Gasteiger partial charge in [0, 0.05) is 22.6 Å². The summed E-state index contributed by atoms with van der Waals surface area (Å²) in [6, 6.07) is 13.3. The van der Waals surface area contributed by atoms with Crippen molar-refractivity contribution in [1.29, 1.82) is 5.26 Å². The second-order valence-electron chi connectivity index (χ2n) is 12.3. The van der Waals surface area contributed by atoms with E-state index in [1.54, 1.807) is 12.1 Å². The Hall–Kier alpha value is -3.35. The van der Waals surface area contributed by atoms with E-state index in [0.717, 1.165) is 28.8 Å². The third-order valence-corrected chi connectivity index (χ3v) is 9.36. The summed E-state index contributed by atoms with van der Waals surface area (Å²) in [5, 5.41) is 22.0. The van der Waals surface area contributed by atoms with Crippen molar-refractivity contribution in [2.75, 3.05) is 11.9 Å². The lowest BCUT2D eigenvalue weighted by atomic mass is 9.75. The molecule has 2 aromatic rings. The maximum atomic E-state index is 13.6. The number of fused-ring (bicyclic) bond motifs is 2. The van der Waals surface area contributed by atoms with E-state index in [-0.39, 0.29) is 17.2 Å². The molecule has 0 bridgehead atoms. The number of carboxylic acid groups (broad SMARTS) is 1. The van der Waals surface area contributed by atoms with Crippen LogP contribution in [0.4, 0.5) is 5.69 Å². The van der Waals surface area contributed by atoms with Gasteiger partial charge in [-0.1, -0.05) is 25.1 Å². The first kappa shape index (κ1) is 28.2. The van der Waals surface area contributed by atoms with E-state index in [2.05, 4.69) is 17.5 Å². The molecule has 1 aliphatic carbocycles. The highest BCUT2D eigenvalue weighted by Gasteiger charge is 2.61. The molecule has 2 heterocycles. The lowest BCUT2D eigenvalue weighted by Crippen LogP contribution is -2.41. The van der Waals surface area contributed by atoms with Gasteiger partial charge < -0.3 is 24.5 Å². The van der Waals surface area contributed by atoms with Gasteiger partial charge in [0.1, 0.15) is 5.75 Å². The van der Waals surface area contributed by atoms with Gasteiger partial charge in [-0.25, -0.2) is 0 Å². The van der Waals surface area contributed by atoms with Crippen molar-refractivity contribution in [2.24, 2.45) is 11.8 Å². The Kier molecular flexibility index (Phi) is 7.22. The number of aryl methyl sites for hydroxylation is 1. The van der Waals surface area contributed by atoms with E-state index < -0.39 is 30.2 Å². The number of amides is 1. The van der Waals surface area contributed by atoms with Gasteiger partial charge in [-0.05, 0) is 89.0 Å². The third-order valence-electron chi connectivity index (χ3n) is 9.36. The molecule has 210 valence electrons. The van der Waals surface area contributed by atoms with Crippen molar-refractivity contribution < 1.29 is 28.7 Å². The number of rotatable bonds is 8. The van der Waals surface area contributed by atoms with E-state index in [4.69, 9.17) is 14.0 Å². The Morgan fingerprint density at radius 1 is 1.15 bits per heavy atom. The second kappa shape index (κ2) is 10.2. The summed E-state index contributed by atoms with van der Waals surface area (Å²) < 4.78 is 18.5. The Balaban J connectivity index is 1.37. The lowest BCUT2D eigenvalue weighted by molar-refractivity contribution is -0.142. The van der Waals surface area contributed by atoms with Crippen LogP contribution in [0.3, 0.4) is 0 Å². The molecule has 9 heteroatoms. The fourth-order valence-electron chi connectivity index (χ4n) is 5.92. The number of benzene rings is 2. The standard InChI is InChI=1S/C31H37BN2O6/c1-6-20(28(36)37)9-10-21-8-7-19(18-33)15-25(21)34-27(35)24-17-31(24)13-14-38-26-12-11-22(16-23(26)31)32-39-29(2,3)30(4,5)40-32/h7-8,11-12,15-16,20,24H,6,9-10,13-14,17H2,1-5H3,(H,34,35)(H,36,37)/t20?,24-,31-/m0/s1. The number of carboxylic acids is 1. The molecule has 3 aliphatic rings. The minimum absolute atomic E-state index is 0.101. The number of carbonyl (C=O) groups excluding carboxylic acids is 1. The third kappa shape index (κ3) is 4.99. The molecule has 0 aromatic heterocycles. The largest absolute Gasteiger partial charge is 0.494 e.